The second-order valence-electron chi connectivity index (χ2n) is 6.65. The number of aliphatic imine (C=N–C) groups is 1. The van der Waals surface area contributed by atoms with Gasteiger partial charge in [-0.25, -0.2) is 9.67 Å². The third-order valence-corrected chi connectivity index (χ3v) is 4.64. The van der Waals surface area contributed by atoms with Crippen molar-refractivity contribution in [1.82, 2.24) is 20.4 Å². The lowest BCUT2D eigenvalue weighted by Crippen LogP contribution is -2.36. The average Bonchev–Trinajstić information content (AvgIpc) is 3.30. The summed E-state index contributed by atoms with van der Waals surface area (Å²) in [6.45, 7) is 3.73. The number of halogens is 1. The zero-order valence-electron chi connectivity index (χ0n) is 18.8. The topological polar surface area (TPSA) is 81.9 Å². The van der Waals surface area contributed by atoms with Crippen molar-refractivity contribution < 1.29 is 14.2 Å². The molecular formula is C23H30IN5O3. The first-order chi connectivity index (χ1) is 15.2. The molecule has 0 radical (unpaired) electrons. The fourth-order valence-electron chi connectivity index (χ4n) is 3.08. The highest BCUT2D eigenvalue weighted by Gasteiger charge is 2.12. The highest BCUT2D eigenvalue weighted by molar-refractivity contribution is 14.0. The molecular weight excluding hydrogens is 521 g/mol. The molecule has 0 aliphatic carbocycles. The molecule has 9 heteroatoms. The quantitative estimate of drug-likeness (QED) is 0.240. The van der Waals surface area contributed by atoms with E-state index >= 15 is 0 Å². The van der Waals surface area contributed by atoms with Crippen LogP contribution >= 0.6 is 24.0 Å². The van der Waals surface area contributed by atoms with E-state index in [4.69, 9.17) is 14.2 Å². The van der Waals surface area contributed by atoms with Gasteiger partial charge in [0.05, 0.1) is 45.8 Å². The molecule has 172 valence electrons. The molecule has 1 aromatic heterocycles. The molecule has 0 aliphatic rings. The molecule has 8 nitrogen and oxygen atoms in total. The van der Waals surface area contributed by atoms with E-state index in [0.717, 1.165) is 23.5 Å². The van der Waals surface area contributed by atoms with Gasteiger partial charge in [0, 0.05) is 24.4 Å². The largest absolute Gasteiger partial charge is 0.496 e. The van der Waals surface area contributed by atoms with Crippen molar-refractivity contribution in [3.8, 4) is 22.9 Å². The van der Waals surface area contributed by atoms with Gasteiger partial charge in [-0.3, -0.25) is 0 Å². The Hall–Kier alpha value is -2.95. The zero-order chi connectivity index (χ0) is 22.1. The minimum absolute atomic E-state index is 0. The van der Waals surface area contributed by atoms with E-state index in [-0.39, 0.29) is 24.0 Å². The summed E-state index contributed by atoms with van der Waals surface area (Å²) >= 11 is 0. The van der Waals surface area contributed by atoms with Gasteiger partial charge in [0.15, 0.2) is 17.5 Å². The van der Waals surface area contributed by atoms with Crippen molar-refractivity contribution in [3.63, 3.8) is 0 Å². The Bertz CT molecular complexity index is 1010. The number of nitrogens with zero attached hydrogens (tertiary/aromatic N) is 3. The van der Waals surface area contributed by atoms with E-state index in [1.165, 1.54) is 0 Å². The van der Waals surface area contributed by atoms with Gasteiger partial charge in [-0.2, -0.15) is 5.10 Å². The summed E-state index contributed by atoms with van der Waals surface area (Å²) in [6.07, 6.45) is 1.95. The van der Waals surface area contributed by atoms with Crippen LogP contribution in [-0.4, -0.2) is 43.6 Å². The lowest BCUT2D eigenvalue weighted by atomic mass is 10.1. The number of para-hydroxylation sites is 1. The van der Waals surface area contributed by atoms with Crippen molar-refractivity contribution in [1.29, 1.82) is 0 Å². The maximum Gasteiger partial charge on any atom is 0.191 e. The lowest BCUT2D eigenvalue weighted by molar-refractivity contribution is 0.347. The van der Waals surface area contributed by atoms with Crippen LogP contribution in [0.4, 0.5) is 0 Å². The number of ether oxygens (including phenoxy) is 3. The van der Waals surface area contributed by atoms with Gasteiger partial charge < -0.3 is 24.8 Å². The third kappa shape index (κ3) is 6.52. The summed E-state index contributed by atoms with van der Waals surface area (Å²) in [5.74, 6) is 2.64. The first-order valence-electron chi connectivity index (χ1n) is 10.1. The SMILES string of the molecule is CCNC(=NCc1cc(OC)c(OC)cc1OC)NCc1ccn(-c2ccccc2)n1.I. The molecule has 1 heterocycles. The van der Waals surface area contributed by atoms with E-state index in [0.29, 0.717) is 36.3 Å². The van der Waals surface area contributed by atoms with Crippen molar-refractivity contribution >= 4 is 29.9 Å². The summed E-state index contributed by atoms with van der Waals surface area (Å²) in [5.41, 5.74) is 2.83. The Labute approximate surface area is 206 Å². The Morgan fingerprint density at radius 2 is 1.62 bits per heavy atom. The fourth-order valence-corrected chi connectivity index (χ4v) is 3.08. The van der Waals surface area contributed by atoms with Gasteiger partial charge in [-0.15, -0.1) is 24.0 Å². The number of aromatic nitrogens is 2. The molecule has 0 unspecified atom stereocenters. The van der Waals surface area contributed by atoms with E-state index < -0.39 is 0 Å². The molecule has 3 rings (SSSR count). The highest BCUT2D eigenvalue weighted by Crippen LogP contribution is 2.34. The number of methoxy groups -OCH3 is 3. The Morgan fingerprint density at radius 3 is 2.28 bits per heavy atom. The summed E-state index contributed by atoms with van der Waals surface area (Å²) in [4.78, 5) is 4.69. The molecule has 0 amide bonds. The van der Waals surface area contributed by atoms with Gasteiger partial charge in [0.1, 0.15) is 5.75 Å². The van der Waals surface area contributed by atoms with Crippen molar-refractivity contribution in [2.75, 3.05) is 27.9 Å². The molecule has 0 aliphatic heterocycles. The first kappa shape index (κ1) is 25.3. The minimum Gasteiger partial charge on any atom is -0.496 e. The summed E-state index contributed by atoms with van der Waals surface area (Å²) < 4.78 is 18.1. The van der Waals surface area contributed by atoms with Gasteiger partial charge in [0.2, 0.25) is 0 Å². The Morgan fingerprint density at radius 1 is 0.938 bits per heavy atom. The van der Waals surface area contributed by atoms with Gasteiger partial charge in [-0.1, -0.05) is 18.2 Å². The van der Waals surface area contributed by atoms with Crippen LogP contribution < -0.4 is 24.8 Å². The van der Waals surface area contributed by atoms with Crippen LogP contribution in [-0.2, 0) is 13.1 Å². The minimum atomic E-state index is 0. The number of benzene rings is 2. The fraction of sp³-hybridized carbons (Fsp3) is 0.304. The van der Waals surface area contributed by atoms with E-state index in [2.05, 4.69) is 20.7 Å². The molecule has 0 spiro atoms. The summed E-state index contributed by atoms with van der Waals surface area (Å²) in [6, 6.07) is 15.7. The van der Waals surface area contributed by atoms with Crippen LogP contribution in [0.1, 0.15) is 18.2 Å². The molecule has 2 N–H and O–H groups in total. The highest BCUT2D eigenvalue weighted by atomic mass is 127. The number of nitrogens with one attached hydrogen (secondary N) is 2. The number of hydrogen-bond donors (Lipinski definition) is 2. The molecule has 0 bridgehead atoms. The van der Waals surface area contributed by atoms with Crippen molar-refractivity contribution in [2.45, 2.75) is 20.0 Å². The zero-order valence-corrected chi connectivity index (χ0v) is 21.1. The Kier molecular flexibility index (Phi) is 10.1. The normalized spacial score (nSPS) is 10.8. The summed E-state index contributed by atoms with van der Waals surface area (Å²) in [7, 11) is 4.83. The first-order valence-corrected chi connectivity index (χ1v) is 10.1. The molecule has 0 saturated heterocycles. The van der Waals surface area contributed by atoms with E-state index in [1.54, 1.807) is 27.4 Å². The van der Waals surface area contributed by atoms with E-state index in [9.17, 15) is 0 Å². The molecule has 0 fully saturated rings. The second-order valence-corrected chi connectivity index (χ2v) is 6.65. The Balaban J connectivity index is 0.00000363. The predicted molar refractivity (Wildman–Crippen MR) is 137 cm³/mol. The van der Waals surface area contributed by atoms with Crippen LogP contribution in [0.5, 0.6) is 17.2 Å². The molecule has 0 atom stereocenters. The van der Waals surface area contributed by atoms with Crippen LogP contribution in [0.15, 0.2) is 59.7 Å². The van der Waals surface area contributed by atoms with Gasteiger partial charge in [-0.05, 0) is 31.2 Å². The van der Waals surface area contributed by atoms with Gasteiger partial charge in [0.25, 0.3) is 0 Å². The number of guanidine groups is 1. The van der Waals surface area contributed by atoms with Gasteiger partial charge >= 0.3 is 0 Å². The van der Waals surface area contributed by atoms with Crippen LogP contribution in [0.25, 0.3) is 5.69 Å². The monoisotopic (exact) mass is 551 g/mol. The lowest BCUT2D eigenvalue weighted by Gasteiger charge is -2.14. The number of rotatable bonds is 9. The maximum absolute atomic E-state index is 5.50. The van der Waals surface area contributed by atoms with Crippen molar-refractivity contribution in [2.24, 2.45) is 4.99 Å². The van der Waals surface area contributed by atoms with Crippen molar-refractivity contribution in [3.05, 3.63) is 66.0 Å². The van der Waals surface area contributed by atoms with Crippen LogP contribution in [0.3, 0.4) is 0 Å². The summed E-state index contributed by atoms with van der Waals surface area (Å²) in [5, 5.41) is 11.2. The molecule has 0 saturated carbocycles. The van der Waals surface area contributed by atoms with Crippen LogP contribution in [0, 0.1) is 0 Å². The maximum atomic E-state index is 5.50. The van der Waals surface area contributed by atoms with Crippen LogP contribution in [0.2, 0.25) is 0 Å². The predicted octanol–water partition coefficient (Wildman–Crippen LogP) is 3.77. The molecule has 32 heavy (non-hydrogen) atoms. The second kappa shape index (κ2) is 12.8. The van der Waals surface area contributed by atoms with E-state index in [1.807, 2.05) is 60.3 Å². The smallest absolute Gasteiger partial charge is 0.191 e. The average molecular weight is 551 g/mol. The molecule has 2 aromatic carbocycles. The standard InChI is InChI=1S/C23H29N5O3.HI/c1-5-24-23(25-15-17-13-21(30-3)22(31-4)14-20(17)29-2)26-16-18-11-12-28(27-18)19-9-7-6-8-10-19;/h6-14H,5,15-16H2,1-4H3,(H2,24,25,26);1H. The third-order valence-electron chi connectivity index (χ3n) is 4.64. The number of hydrogen-bond acceptors (Lipinski definition) is 5. The molecule has 3 aromatic rings.